The minimum absolute atomic E-state index is 0.132. The number of nitrogens with zero attached hydrogens (tertiary/aromatic N) is 1. The molecule has 0 aromatic heterocycles. The number of ether oxygens (including phenoxy) is 2. The van der Waals surface area contributed by atoms with E-state index in [2.05, 4.69) is 13.8 Å². The third-order valence-corrected chi connectivity index (χ3v) is 9.32. The highest BCUT2D eigenvalue weighted by atomic mass is 16.5. The number of carbonyl (C=O) groups is 2. The zero-order chi connectivity index (χ0) is 33.6. The molecule has 0 saturated carbocycles. The van der Waals surface area contributed by atoms with Crippen LogP contribution in [0.25, 0.3) is 0 Å². The van der Waals surface area contributed by atoms with Crippen LogP contribution in [0, 0.1) is 0 Å². The Kier molecular flexibility index (Phi) is 37.4. The fraction of sp³-hybridized carbons (Fsp3) is 0.951. The molecule has 0 aromatic rings. The second kappa shape index (κ2) is 38.3. The molecule has 0 heterocycles. The van der Waals surface area contributed by atoms with Gasteiger partial charge in [0.15, 0.2) is 0 Å². The molecule has 0 N–H and O–H groups in total. The zero-order valence-electron chi connectivity index (χ0n) is 31.5. The van der Waals surface area contributed by atoms with E-state index < -0.39 is 0 Å². The van der Waals surface area contributed by atoms with Gasteiger partial charge >= 0.3 is 11.9 Å². The molecule has 274 valence electrons. The van der Waals surface area contributed by atoms with E-state index in [-0.39, 0.29) is 25.0 Å². The first-order chi connectivity index (χ1) is 22.6. The molecule has 0 atom stereocenters. The quantitative estimate of drug-likeness (QED) is 0.0491. The molecule has 46 heavy (non-hydrogen) atoms. The molecule has 0 aromatic carbocycles. The van der Waals surface area contributed by atoms with Crippen LogP contribution in [0.1, 0.15) is 219 Å². The van der Waals surface area contributed by atoms with Crippen LogP contribution in [0.5, 0.6) is 0 Å². The highest BCUT2D eigenvalue weighted by Crippen LogP contribution is 2.15. The molecule has 0 radical (unpaired) electrons. The lowest BCUT2D eigenvalue weighted by Crippen LogP contribution is -2.33. The third-order valence-electron chi connectivity index (χ3n) is 9.32. The Balaban J connectivity index is 3.37. The van der Waals surface area contributed by atoms with Crippen LogP contribution in [0.2, 0.25) is 0 Å². The van der Waals surface area contributed by atoms with Gasteiger partial charge < -0.3 is 9.47 Å². The number of hydrogen-bond acceptors (Lipinski definition) is 5. The number of hydrogen-bond donors (Lipinski definition) is 0. The van der Waals surface area contributed by atoms with Crippen molar-refractivity contribution in [1.82, 2.24) is 4.90 Å². The van der Waals surface area contributed by atoms with Gasteiger partial charge in [0, 0.05) is 0 Å². The van der Waals surface area contributed by atoms with Gasteiger partial charge in [0.2, 0.25) is 0 Å². The highest BCUT2D eigenvalue weighted by molar-refractivity contribution is 5.74. The maximum Gasteiger partial charge on any atom is 0.320 e. The molecule has 0 amide bonds. The van der Waals surface area contributed by atoms with E-state index in [1.54, 1.807) is 11.9 Å². The Bertz CT molecular complexity index is 574. The van der Waals surface area contributed by atoms with E-state index in [1.165, 1.54) is 180 Å². The van der Waals surface area contributed by atoms with Crippen molar-refractivity contribution in [2.45, 2.75) is 219 Å². The Morgan fingerprint density at radius 2 is 0.543 bits per heavy atom. The molecule has 0 aliphatic rings. The topological polar surface area (TPSA) is 55.8 Å². The summed E-state index contributed by atoms with van der Waals surface area (Å²) in [7, 11) is 1.77. The normalized spacial score (nSPS) is 11.4. The molecule has 0 rings (SSSR count). The monoisotopic (exact) mass is 652 g/mol. The lowest BCUT2D eigenvalue weighted by molar-refractivity contribution is -0.148. The smallest absolute Gasteiger partial charge is 0.320 e. The van der Waals surface area contributed by atoms with Gasteiger partial charge in [0.1, 0.15) is 0 Å². The van der Waals surface area contributed by atoms with Crippen LogP contribution >= 0.6 is 0 Å². The van der Waals surface area contributed by atoms with Crippen molar-refractivity contribution in [3.8, 4) is 0 Å². The number of rotatable bonds is 38. The Morgan fingerprint density at radius 3 is 0.761 bits per heavy atom. The Morgan fingerprint density at radius 1 is 0.348 bits per heavy atom. The van der Waals surface area contributed by atoms with E-state index in [0.29, 0.717) is 13.2 Å². The molecule has 5 heteroatoms. The maximum atomic E-state index is 12.1. The van der Waals surface area contributed by atoms with Gasteiger partial charge in [-0.05, 0) is 19.9 Å². The number of unbranched alkanes of at least 4 members (excludes halogenated alkanes) is 30. The van der Waals surface area contributed by atoms with E-state index in [4.69, 9.17) is 9.47 Å². The maximum absolute atomic E-state index is 12.1. The first-order valence-corrected chi connectivity index (χ1v) is 20.6. The van der Waals surface area contributed by atoms with Crippen LogP contribution in [0.4, 0.5) is 0 Å². The summed E-state index contributed by atoms with van der Waals surface area (Å²) in [6, 6.07) is 0. The average Bonchev–Trinajstić information content (AvgIpc) is 3.03. The van der Waals surface area contributed by atoms with E-state index in [1.807, 2.05) is 0 Å². The van der Waals surface area contributed by atoms with Crippen molar-refractivity contribution in [1.29, 1.82) is 0 Å². The summed E-state index contributed by atoms with van der Waals surface area (Å²) in [5.41, 5.74) is 0. The molecular weight excluding hydrogens is 570 g/mol. The van der Waals surface area contributed by atoms with Crippen molar-refractivity contribution < 1.29 is 19.1 Å². The second-order valence-corrected chi connectivity index (χ2v) is 14.2. The molecule has 0 aliphatic carbocycles. The first kappa shape index (κ1) is 44.9. The molecule has 0 fully saturated rings. The van der Waals surface area contributed by atoms with Crippen LogP contribution in [-0.2, 0) is 19.1 Å². The fourth-order valence-corrected chi connectivity index (χ4v) is 6.26. The van der Waals surface area contributed by atoms with Crippen LogP contribution in [-0.4, -0.2) is 50.2 Å². The van der Waals surface area contributed by atoms with Gasteiger partial charge in [-0.25, -0.2) is 0 Å². The number of carbonyl (C=O) groups excluding carboxylic acids is 2. The van der Waals surface area contributed by atoms with Crippen LogP contribution in [0.15, 0.2) is 0 Å². The molecule has 0 spiro atoms. The largest absolute Gasteiger partial charge is 0.465 e. The predicted molar refractivity (Wildman–Crippen MR) is 199 cm³/mol. The molecular formula is C41H81NO4. The summed E-state index contributed by atoms with van der Waals surface area (Å²) >= 11 is 0. The molecule has 0 bridgehead atoms. The molecule has 5 nitrogen and oxygen atoms in total. The van der Waals surface area contributed by atoms with Crippen molar-refractivity contribution in [2.24, 2.45) is 0 Å². The number of likely N-dealkylation sites (N-methyl/N-ethyl adjacent to an activating group) is 1. The lowest BCUT2D eigenvalue weighted by Gasteiger charge is -2.15. The number of esters is 2. The summed E-state index contributed by atoms with van der Waals surface area (Å²) in [5.74, 6) is -0.511. The standard InChI is InChI=1S/C41H81NO4/c1-4-6-8-10-12-14-16-18-20-22-24-26-28-30-32-34-36-45-40(43)38-42(3)39-41(44)46-37-35-33-31-29-27-25-23-21-19-17-15-13-11-9-7-5-2/h4-39H2,1-3H3. The fourth-order valence-electron chi connectivity index (χ4n) is 6.26. The minimum atomic E-state index is -0.255. The first-order valence-electron chi connectivity index (χ1n) is 20.6. The van der Waals surface area contributed by atoms with Crippen LogP contribution < -0.4 is 0 Å². The van der Waals surface area contributed by atoms with Gasteiger partial charge in [-0.2, -0.15) is 0 Å². The lowest BCUT2D eigenvalue weighted by atomic mass is 10.0. The SMILES string of the molecule is CCCCCCCCCCCCCCCCCCOC(=O)CN(C)CC(=O)OCCCCCCCCCCCCCCCCCC. The molecule has 0 aliphatic heterocycles. The summed E-state index contributed by atoms with van der Waals surface area (Å²) in [5, 5.41) is 0. The van der Waals surface area contributed by atoms with E-state index >= 15 is 0 Å². The van der Waals surface area contributed by atoms with E-state index in [0.717, 1.165) is 25.7 Å². The summed E-state index contributed by atoms with van der Waals surface area (Å²) < 4.78 is 10.8. The van der Waals surface area contributed by atoms with E-state index in [9.17, 15) is 9.59 Å². The van der Waals surface area contributed by atoms with Crippen molar-refractivity contribution in [3.05, 3.63) is 0 Å². The molecule has 0 unspecified atom stereocenters. The van der Waals surface area contributed by atoms with Gasteiger partial charge in [0.05, 0.1) is 26.3 Å². The summed E-state index contributed by atoms with van der Waals surface area (Å²) in [6.45, 7) is 5.79. The summed E-state index contributed by atoms with van der Waals surface area (Å²) in [4.78, 5) is 25.9. The minimum Gasteiger partial charge on any atom is -0.465 e. The van der Waals surface area contributed by atoms with Crippen molar-refractivity contribution in [2.75, 3.05) is 33.4 Å². The second-order valence-electron chi connectivity index (χ2n) is 14.2. The van der Waals surface area contributed by atoms with Gasteiger partial charge in [-0.3, -0.25) is 14.5 Å². The van der Waals surface area contributed by atoms with Crippen molar-refractivity contribution >= 4 is 11.9 Å². The molecule has 0 saturated heterocycles. The Hall–Kier alpha value is -1.10. The predicted octanol–water partition coefficient (Wildman–Crippen LogP) is 12.5. The summed E-state index contributed by atoms with van der Waals surface area (Å²) in [6.07, 6.45) is 42.6. The highest BCUT2D eigenvalue weighted by Gasteiger charge is 2.12. The van der Waals surface area contributed by atoms with Crippen molar-refractivity contribution in [3.63, 3.8) is 0 Å². The zero-order valence-corrected chi connectivity index (χ0v) is 31.5. The third kappa shape index (κ3) is 37.4. The van der Waals surface area contributed by atoms with Gasteiger partial charge in [-0.15, -0.1) is 0 Å². The average molecular weight is 652 g/mol. The van der Waals surface area contributed by atoms with Gasteiger partial charge in [-0.1, -0.05) is 206 Å². The Labute approximate surface area is 288 Å². The van der Waals surface area contributed by atoms with Gasteiger partial charge in [0.25, 0.3) is 0 Å². The van der Waals surface area contributed by atoms with Crippen LogP contribution in [0.3, 0.4) is 0 Å².